The number of aliphatic carboxylic acids is 1. The summed E-state index contributed by atoms with van der Waals surface area (Å²) in [5.41, 5.74) is 0.891. The minimum absolute atomic E-state index is 0.332. The van der Waals surface area contributed by atoms with Gasteiger partial charge in [0.2, 0.25) is 5.91 Å². The van der Waals surface area contributed by atoms with Gasteiger partial charge in [0.1, 0.15) is 6.04 Å². The number of hydrogen-bond acceptors (Lipinski definition) is 4. The van der Waals surface area contributed by atoms with E-state index in [1.54, 1.807) is 37.3 Å². The van der Waals surface area contributed by atoms with Crippen molar-refractivity contribution in [3.05, 3.63) is 30.3 Å². The Hall–Kier alpha value is -2.70. The van der Waals surface area contributed by atoms with Crippen molar-refractivity contribution in [2.45, 2.75) is 19.9 Å². The summed E-state index contributed by atoms with van der Waals surface area (Å²) in [6, 6.07) is 7.66. The van der Waals surface area contributed by atoms with Gasteiger partial charge in [-0.1, -0.05) is 18.2 Å². The quantitative estimate of drug-likeness (QED) is 0.793. The molecule has 0 aliphatic carbocycles. The lowest BCUT2D eigenvalue weighted by molar-refractivity contribution is -0.142. The first kappa shape index (κ1) is 14.7. The Morgan fingerprint density at radius 1 is 1.33 bits per heavy atom. The van der Waals surface area contributed by atoms with Gasteiger partial charge >= 0.3 is 5.97 Å². The first-order chi connectivity index (χ1) is 9.91. The van der Waals surface area contributed by atoms with Gasteiger partial charge in [0, 0.05) is 0 Å². The number of nitrogens with zero attached hydrogens (tertiary/aromatic N) is 2. The second kappa shape index (κ2) is 5.74. The molecule has 2 atom stereocenters. The number of anilines is 1. The maximum atomic E-state index is 12.3. The Morgan fingerprint density at radius 2 is 1.95 bits per heavy atom. The zero-order valence-corrected chi connectivity index (χ0v) is 11.6. The van der Waals surface area contributed by atoms with E-state index in [4.69, 9.17) is 5.11 Å². The molecule has 0 aromatic heterocycles. The largest absolute Gasteiger partial charge is 0.480 e. The highest BCUT2D eigenvalue weighted by molar-refractivity contribution is 6.26. The topological polar surface area (TPSA) is 99.1 Å². The number of nitrogens with one attached hydrogen (secondary N) is 1. The third kappa shape index (κ3) is 2.91. The lowest BCUT2D eigenvalue weighted by Gasteiger charge is -2.15. The van der Waals surface area contributed by atoms with Crippen LogP contribution in [0.3, 0.4) is 0 Å². The molecule has 0 fully saturated rings. The van der Waals surface area contributed by atoms with Crippen LogP contribution in [-0.2, 0) is 14.4 Å². The Balaban J connectivity index is 2.17. The Labute approximate surface area is 121 Å². The molecule has 0 spiro atoms. The molecule has 110 valence electrons. The van der Waals surface area contributed by atoms with Crippen LogP contribution in [0.2, 0.25) is 0 Å². The standard InChI is InChI=1S/C14H15N3O4/c1-8-11(12(18)15-9(2)14(20)21)13(19)17(16-8)10-6-4-3-5-7-10/h3-7,9,11H,1-2H3,(H,15,18)(H,20,21). The van der Waals surface area contributed by atoms with Crippen LogP contribution in [0, 0.1) is 5.92 Å². The number of carbonyl (C=O) groups is 3. The van der Waals surface area contributed by atoms with Crippen molar-refractivity contribution in [3.8, 4) is 0 Å². The molecular weight excluding hydrogens is 274 g/mol. The van der Waals surface area contributed by atoms with Gasteiger partial charge in [0.15, 0.2) is 5.92 Å². The second-order valence-electron chi connectivity index (χ2n) is 4.73. The van der Waals surface area contributed by atoms with E-state index in [1.807, 2.05) is 0 Å². The van der Waals surface area contributed by atoms with Gasteiger partial charge in [-0.05, 0) is 26.0 Å². The van der Waals surface area contributed by atoms with E-state index < -0.39 is 29.7 Å². The van der Waals surface area contributed by atoms with Crippen LogP contribution in [0.5, 0.6) is 0 Å². The van der Waals surface area contributed by atoms with Crippen molar-refractivity contribution in [2.24, 2.45) is 11.0 Å². The van der Waals surface area contributed by atoms with Gasteiger partial charge in [-0.2, -0.15) is 10.1 Å². The van der Waals surface area contributed by atoms with E-state index in [2.05, 4.69) is 10.4 Å². The van der Waals surface area contributed by atoms with Gasteiger partial charge in [-0.3, -0.25) is 14.4 Å². The fourth-order valence-electron chi connectivity index (χ4n) is 1.98. The normalized spacial score (nSPS) is 19.1. The average Bonchev–Trinajstić information content (AvgIpc) is 2.74. The van der Waals surface area contributed by atoms with E-state index in [0.717, 1.165) is 5.01 Å². The third-order valence-electron chi connectivity index (χ3n) is 3.12. The number of carboxylic acid groups (broad SMARTS) is 1. The monoisotopic (exact) mass is 289 g/mol. The molecule has 0 radical (unpaired) electrons. The SMILES string of the molecule is CC1=NN(c2ccccc2)C(=O)C1C(=O)NC(C)C(=O)O. The summed E-state index contributed by atoms with van der Waals surface area (Å²) in [5, 5.41) is 16.3. The van der Waals surface area contributed by atoms with Gasteiger partial charge in [-0.15, -0.1) is 0 Å². The van der Waals surface area contributed by atoms with E-state index >= 15 is 0 Å². The summed E-state index contributed by atoms with van der Waals surface area (Å²) >= 11 is 0. The highest BCUT2D eigenvalue weighted by Crippen LogP contribution is 2.23. The predicted molar refractivity (Wildman–Crippen MR) is 75.8 cm³/mol. The smallest absolute Gasteiger partial charge is 0.325 e. The lowest BCUT2D eigenvalue weighted by atomic mass is 10.0. The molecule has 2 amide bonds. The molecule has 2 N–H and O–H groups in total. The molecular formula is C14H15N3O4. The molecule has 2 rings (SSSR count). The fraction of sp³-hybridized carbons (Fsp3) is 0.286. The number of carbonyl (C=O) groups excluding carboxylic acids is 2. The van der Waals surface area contributed by atoms with Crippen LogP contribution < -0.4 is 10.3 Å². The molecule has 0 saturated carbocycles. The van der Waals surface area contributed by atoms with Crippen molar-refractivity contribution in [1.29, 1.82) is 0 Å². The zero-order chi connectivity index (χ0) is 15.6. The van der Waals surface area contributed by atoms with Crippen LogP contribution in [0.4, 0.5) is 5.69 Å². The number of hydrazone groups is 1. The van der Waals surface area contributed by atoms with Gasteiger partial charge in [-0.25, -0.2) is 0 Å². The van der Waals surface area contributed by atoms with Crippen molar-refractivity contribution in [3.63, 3.8) is 0 Å². The van der Waals surface area contributed by atoms with Gasteiger partial charge < -0.3 is 10.4 Å². The minimum Gasteiger partial charge on any atom is -0.480 e. The molecule has 1 aromatic rings. The third-order valence-corrected chi connectivity index (χ3v) is 3.12. The summed E-state index contributed by atoms with van der Waals surface area (Å²) in [5.74, 6) is -3.40. The molecule has 1 aliphatic heterocycles. The molecule has 2 unspecified atom stereocenters. The first-order valence-corrected chi connectivity index (χ1v) is 6.39. The molecule has 1 aliphatic rings. The molecule has 0 bridgehead atoms. The number of rotatable bonds is 4. The highest BCUT2D eigenvalue weighted by Gasteiger charge is 2.40. The lowest BCUT2D eigenvalue weighted by Crippen LogP contribution is -2.46. The number of carboxylic acids is 1. The molecule has 21 heavy (non-hydrogen) atoms. The number of benzene rings is 1. The van der Waals surface area contributed by atoms with Gasteiger partial charge in [0.25, 0.3) is 5.91 Å². The van der Waals surface area contributed by atoms with Crippen LogP contribution in [0.1, 0.15) is 13.8 Å². The molecule has 1 heterocycles. The second-order valence-corrected chi connectivity index (χ2v) is 4.73. The number of hydrogen-bond donors (Lipinski definition) is 2. The molecule has 7 nitrogen and oxygen atoms in total. The first-order valence-electron chi connectivity index (χ1n) is 6.39. The Bertz CT molecular complexity index is 612. The Kier molecular flexibility index (Phi) is 4.02. The summed E-state index contributed by atoms with van der Waals surface area (Å²) in [6.07, 6.45) is 0. The van der Waals surface area contributed by atoms with Crippen LogP contribution in [0.15, 0.2) is 35.4 Å². The van der Waals surface area contributed by atoms with Crippen molar-refractivity contribution < 1.29 is 19.5 Å². The van der Waals surface area contributed by atoms with Crippen molar-refractivity contribution in [2.75, 3.05) is 5.01 Å². The minimum atomic E-state index is -1.16. The van der Waals surface area contributed by atoms with E-state index in [-0.39, 0.29) is 0 Å². The predicted octanol–water partition coefficient (Wildman–Crippen LogP) is 0.615. The maximum absolute atomic E-state index is 12.3. The number of amides is 2. The Morgan fingerprint density at radius 3 is 2.52 bits per heavy atom. The summed E-state index contributed by atoms with van der Waals surface area (Å²) in [6.45, 7) is 2.90. The van der Waals surface area contributed by atoms with E-state index in [0.29, 0.717) is 11.4 Å². The number of para-hydroxylation sites is 1. The molecule has 7 heteroatoms. The summed E-state index contributed by atoms with van der Waals surface area (Å²) in [7, 11) is 0. The fourth-order valence-corrected chi connectivity index (χ4v) is 1.98. The van der Waals surface area contributed by atoms with Crippen molar-refractivity contribution >= 4 is 29.2 Å². The summed E-state index contributed by atoms with van der Waals surface area (Å²) < 4.78 is 0. The maximum Gasteiger partial charge on any atom is 0.325 e. The summed E-state index contributed by atoms with van der Waals surface area (Å²) in [4.78, 5) is 35.1. The van der Waals surface area contributed by atoms with Crippen LogP contribution in [-0.4, -0.2) is 34.6 Å². The van der Waals surface area contributed by atoms with Gasteiger partial charge in [0.05, 0.1) is 11.4 Å². The molecule has 1 aromatic carbocycles. The van der Waals surface area contributed by atoms with Crippen molar-refractivity contribution in [1.82, 2.24) is 5.32 Å². The highest BCUT2D eigenvalue weighted by atomic mass is 16.4. The van der Waals surface area contributed by atoms with E-state index in [9.17, 15) is 14.4 Å². The van der Waals surface area contributed by atoms with E-state index in [1.165, 1.54) is 6.92 Å². The average molecular weight is 289 g/mol. The van der Waals surface area contributed by atoms with Crippen LogP contribution >= 0.6 is 0 Å². The molecule has 0 saturated heterocycles. The zero-order valence-electron chi connectivity index (χ0n) is 11.6. The van der Waals surface area contributed by atoms with Crippen LogP contribution in [0.25, 0.3) is 0 Å².